The lowest BCUT2D eigenvalue weighted by Crippen LogP contribution is -2.16. The number of nitrogens with zero attached hydrogens (tertiary/aromatic N) is 2. The lowest BCUT2D eigenvalue weighted by molar-refractivity contribution is -0.384. The van der Waals surface area contributed by atoms with Crippen molar-refractivity contribution in [2.45, 2.75) is 0 Å². The molecule has 0 unspecified atom stereocenters. The summed E-state index contributed by atoms with van der Waals surface area (Å²) in [6, 6.07) is 10.9. The number of hydrogen-bond donors (Lipinski definition) is 1. The van der Waals surface area contributed by atoms with Crippen molar-refractivity contribution in [2.75, 3.05) is 0 Å². The lowest BCUT2D eigenvalue weighted by atomic mass is 10.1. The average molecular weight is 404 g/mol. The van der Waals surface area contributed by atoms with Gasteiger partial charge in [0.15, 0.2) is 5.76 Å². The van der Waals surface area contributed by atoms with Crippen molar-refractivity contribution < 1.29 is 18.6 Å². The van der Waals surface area contributed by atoms with Crippen molar-refractivity contribution in [3.05, 3.63) is 74.8 Å². The van der Waals surface area contributed by atoms with Crippen molar-refractivity contribution in [1.82, 2.24) is 5.43 Å². The maximum absolute atomic E-state index is 11.6. The van der Waals surface area contributed by atoms with Crippen molar-refractivity contribution in [2.24, 2.45) is 5.10 Å². The van der Waals surface area contributed by atoms with Crippen LogP contribution in [0.15, 0.2) is 67.1 Å². The molecule has 25 heavy (non-hydrogen) atoms. The van der Waals surface area contributed by atoms with E-state index < -0.39 is 10.8 Å². The quantitative estimate of drug-likeness (QED) is 0.393. The van der Waals surface area contributed by atoms with E-state index in [0.717, 1.165) is 0 Å². The van der Waals surface area contributed by atoms with E-state index in [-0.39, 0.29) is 11.4 Å². The molecule has 0 atom stereocenters. The summed E-state index contributed by atoms with van der Waals surface area (Å²) in [6.07, 6.45) is 2.66. The number of hydrazone groups is 1. The van der Waals surface area contributed by atoms with Crippen LogP contribution in [0.5, 0.6) is 0 Å². The maximum Gasteiger partial charge on any atom is 0.307 e. The van der Waals surface area contributed by atoms with Gasteiger partial charge in [-0.05, 0) is 36.4 Å². The molecule has 0 aliphatic carbocycles. The second-order valence-corrected chi connectivity index (χ2v) is 5.71. The standard InChI is InChI=1S/C16H10BrN3O5/c17-10-3-5-12(13(8-10)20(22)23)14-6-4-11(25-14)9-18-19-16(21)15-2-1-7-24-15/h1-9H,(H,19,21)/b18-9-. The van der Waals surface area contributed by atoms with E-state index in [1.54, 1.807) is 30.3 Å². The van der Waals surface area contributed by atoms with Gasteiger partial charge >= 0.3 is 5.91 Å². The fourth-order valence-corrected chi connectivity index (χ4v) is 2.40. The number of carbonyl (C=O) groups excluding carboxylic acids is 1. The fraction of sp³-hybridized carbons (Fsp3) is 0. The Morgan fingerprint density at radius 1 is 1.28 bits per heavy atom. The van der Waals surface area contributed by atoms with Crippen LogP contribution in [-0.2, 0) is 0 Å². The second kappa shape index (κ2) is 7.14. The number of furan rings is 2. The number of rotatable bonds is 5. The average Bonchev–Trinajstić information content (AvgIpc) is 3.26. The first-order valence-corrected chi connectivity index (χ1v) is 7.75. The molecule has 126 valence electrons. The number of nitro benzene ring substituents is 1. The lowest BCUT2D eigenvalue weighted by Gasteiger charge is -2.00. The first kappa shape index (κ1) is 16.7. The molecule has 0 radical (unpaired) electrons. The van der Waals surface area contributed by atoms with Gasteiger partial charge in [-0.2, -0.15) is 5.10 Å². The van der Waals surface area contributed by atoms with Gasteiger partial charge in [-0.25, -0.2) is 5.43 Å². The Bertz CT molecular complexity index is 947. The Morgan fingerprint density at radius 3 is 2.84 bits per heavy atom. The molecule has 0 saturated carbocycles. The zero-order valence-electron chi connectivity index (χ0n) is 12.5. The van der Waals surface area contributed by atoms with Crippen LogP contribution in [0.25, 0.3) is 11.3 Å². The third kappa shape index (κ3) is 3.83. The molecule has 1 amide bonds. The summed E-state index contributed by atoms with van der Waals surface area (Å²) in [5.74, 6) is 0.268. The van der Waals surface area contributed by atoms with Crippen molar-refractivity contribution in [1.29, 1.82) is 0 Å². The number of benzene rings is 1. The minimum Gasteiger partial charge on any atom is -0.459 e. The van der Waals surface area contributed by atoms with Gasteiger partial charge in [0.1, 0.15) is 11.5 Å². The van der Waals surface area contributed by atoms with Gasteiger partial charge in [-0.1, -0.05) is 15.9 Å². The van der Waals surface area contributed by atoms with Crippen LogP contribution in [0.4, 0.5) is 5.69 Å². The smallest absolute Gasteiger partial charge is 0.307 e. The van der Waals surface area contributed by atoms with Crippen LogP contribution in [0.3, 0.4) is 0 Å². The van der Waals surface area contributed by atoms with Gasteiger partial charge in [0.25, 0.3) is 5.69 Å². The van der Waals surface area contributed by atoms with Crippen LogP contribution in [0.1, 0.15) is 16.3 Å². The Hall–Kier alpha value is -3.20. The van der Waals surface area contributed by atoms with E-state index >= 15 is 0 Å². The minimum atomic E-state index is -0.503. The van der Waals surface area contributed by atoms with E-state index in [1.165, 1.54) is 24.6 Å². The summed E-state index contributed by atoms with van der Waals surface area (Å²) in [4.78, 5) is 22.3. The highest BCUT2D eigenvalue weighted by molar-refractivity contribution is 9.10. The molecular formula is C16H10BrN3O5. The molecule has 3 aromatic rings. The Morgan fingerprint density at radius 2 is 2.12 bits per heavy atom. The van der Waals surface area contributed by atoms with E-state index in [9.17, 15) is 14.9 Å². The highest BCUT2D eigenvalue weighted by Crippen LogP contribution is 2.33. The minimum absolute atomic E-state index is 0.0849. The molecule has 2 heterocycles. The summed E-state index contributed by atoms with van der Waals surface area (Å²) < 4.78 is 11.1. The number of hydrogen-bond acceptors (Lipinski definition) is 6. The summed E-state index contributed by atoms with van der Waals surface area (Å²) in [7, 11) is 0. The van der Waals surface area contributed by atoms with Gasteiger partial charge in [0.2, 0.25) is 0 Å². The molecule has 0 saturated heterocycles. The van der Waals surface area contributed by atoms with Gasteiger partial charge in [0, 0.05) is 10.5 Å². The van der Waals surface area contributed by atoms with Crippen molar-refractivity contribution in [3.63, 3.8) is 0 Å². The van der Waals surface area contributed by atoms with Crippen molar-refractivity contribution in [3.8, 4) is 11.3 Å². The molecule has 1 N–H and O–H groups in total. The van der Waals surface area contributed by atoms with Gasteiger partial charge in [0.05, 0.1) is 23.0 Å². The molecule has 9 heteroatoms. The number of amides is 1. The summed E-state index contributed by atoms with van der Waals surface area (Å²) in [5, 5.41) is 14.9. The van der Waals surface area contributed by atoms with Crippen molar-refractivity contribution >= 4 is 33.7 Å². The summed E-state index contributed by atoms with van der Waals surface area (Å²) in [6.45, 7) is 0. The first-order valence-electron chi connectivity index (χ1n) is 6.95. The fourth-order valence-electron chi connectivity index (χ4n) is 2.05. The third-order valence-electron chi connectivity index (χ3n) is 3.15. The summed E-state index contributed by atoms with van der Waals surface area (Å²) in [5.41, 5.74) is 2.54. The van der Waals surface area contributed by atoms with Crippen LogP contribution in [0.2, 0.25) is 0 Å². The normalized spacial score (nSPS) is 10.9. The molecule has 0 aliphatic rings. The molecule has 0 fully saturated rings. The Kier molecular flexibility index (Phi) is 4.75. The van der Waals surface area contributed by atoms with Crippen LogP contribution in [-0.4, -0.2) is 17.0 Å². The SMILES string of the molecule is O=C(N/N=C\c1ccc(-c2ccc(Br)cc2[N+](=O)[O-])o1)c1ccco1. The van der Waals surface area contributed by atoms with Crippen LogP contribution < -0.4 is 5.43 Å². The first-order chi connectivity index (χ1) is 12.0. The van der Waals surface area contributed by atoms with Crippen LogP contribution >= 0.6 is 15.9 Å². The number of nitro groups is 1. The van der Waals surface area contributed by atoms with Crippen LogP contribution in [0, 0.1) is 10.1 Å². The second-order valence-electron chi connectivity index (χ2n) is 4.80. The maximum atomic E-state index is 11.6. The van der Waals surface area contributed by atoms with E-state index in [4.69, 9.17) is 8.83 Å². The van der Waals surface area contributed by atoms with E-state index in [0.29, 0.717) is 21.6 Å². The zero-order chi connectivity index (χ0) is 17.8. The van der Waals surface area contributed by atoms with Gasteiger partial charge in [-0.3, -0.25) is 14.9 Å². The van der Waals surface area contributed by atoms with E-state index in [2.05, 4.69) is 26.5 Å². The molecular weight excluding hydrogens is 394 g/mol. The zero-order valence-corrected chi connectivity index (χ0v) is 14.1. The molecule has 1 aromatic carbocycles. The molecule has 0 bridgehead atoms. The van der Waals surface area contributed by atoms with Gasteiger partial charge in [-0.15, -0.1) is 0 Å². The highest BCUT2D eigenvalue weighted by Gasteiger charge is 2.18. The molecule has 3 rings (SSSR count). The topological polar surface area (TPSA) is 111 Å². The Balaban J connectivity index is 1.76. The third-order valence-corrected chi connectivity index (χ3v) is 3.64. The number of nitrogens with one attached hydrogen (secondary N) is 1. The molecule has 0 aliphatic heterocycles. The molecule has 2 aromatic heterocycles. The predicted octanol–water partition coefficient (Wildman–Crippen LogP) is 3.97. The number of halogens is 1. The highest BCUT2D eigenvalue weighted by atomic mass is 79.9. The van der Waals surface area contributed by atoms with Gasteiger partial charge < -0.3 is 8.83 Å². The number of carbonyl (C=O) groups is 1. The predicted molar refractivity (Wildman–Crippen MR) is 92.3 cm³/mol. The Labute approximate surface area is 149 Å². The molecule has 8 nitrogen and oxygen atoms in total. The monoisotopic (exact) mass is 403 g/mol. The largest absolute Gasteiger partial charge is 0.459 e. The summed E-state index contributed by atoms with van der Waals surface area (Å²) >= 11 is 3.20. The van der Waals surface area contributed by atoms with E-state index in [1.807, 2.05) is 0 Å². The molecule has 0 spiro atoms.